The van der Waals surface area contributed by atoms with E-state index in [4.69, 9.17) is 14.4 Å². The van der Waals surface area contributed by atoms with E-state index in [1.165, 1.54) is 89.9 Å². The highest BCUT2D eigenvalue weighted by molar-refractivity contribution is 7.44. The van der Waals surface area contributed by atoms with E-state index in [1.807, 2.05) is 0 Å². The summed E-state index contributed by atoms with van der Waals surface area (Å²) in [5, 5.41) is 0. The van der Waals surface area contributed by atoms with Crippen LogP contribution in [-0.4, -0.2) is 36.1 Å². The smallest absolute Gasteiger partial charge is 0.306 e. The predicted molar refractivity (Wildman–Crippen MR) is 202 cm³/mol. The van der Waals surface area contributed by atoms with E-state index in [2.05, 4.69) is 42.7 Å². The van der Waals surface area contributed by atoms with E-state index < -0.39 is 32.5 Å². The summed E-state index contributed by atoms with van der Waals surface area (Å²) in [6.07, 6.45) is 38.7. The molecule has 0 aliphatic carbocycles. The molecule has 0 bridgehead atoms. The monoisotopic (exact) mass is 718 g/mol. The number of hydrogen-bond donors (Lipinski definition) is 2. The van der Waals surface area contributed by atoms with Gasteiger partial charge in [0.05, 0.1) is 6.61 Å². The molecule has 9 nitrogen and oxygen atoms in total. The molecule has 0 aliphatic heterocycles. The Hall–Kier alpha value is -1.51. The summed E-state index contributed by atoms with van der Waals surface area (Å²) in [7, 11) is -5.00. The molecule has 290 valence electrons. The fraction of sp³-hybridized carbons (Fsp3) is 0.846. The Kier molecular flexibility index (Phi) is 38.2. The molecule has 0 heterocycles. The third kappa shape index (κ3) is 40.8. The molecule has 5 N–H and O–H groups in total. The molecule has 10 heteroatoms. The standard InChI is InChI=1S/C39H73O8P.H3N/c1-3-5-7-9-11-13-15-17-19-21-23-25-27-29-31-33-38(40)45-35-37(36-46-48(42,43)44)47-39(41)34-32-30-28-26-24-22-20-18-16-14-12-10-8-6-4-2;/h17-20,37H,3-16,21-36H2,1-2H3,(H2,42,43,44);1H3/b19-17-,20-18-;/t37-;/m1./s1. The molecule has 0 saturated heterocycles. The molecular weight excluding hydrogens is 641 g/mol. The Morgan fingerprint density at radius 2 is 0.918 bits per heavy atom. The molecular formula is C39H76NO8P. The highest BCUT2D eigenvalue weighted by Crippen LogP contribution is 2.30. The lowest BCUT2D eigenvalue weighted by molar-refractivity contribution is -0.223. The highest BCUT2D eigenvalue weighted by atomic mass is 31.2. The van der Waals surface area contributed by atoms with E-state index in [0.29, 0.717) is 12.8 Å². The number of hydrogen-bond acceptors (Lipinski definition) is 7. The van der Waals surface area contributed by atoms with Gasteiger partial charge in [0, 0.05) is 12.8 Å². The molecule has 49 heavy (non-hydrogen) atoms. The minimum Gasteiger partial charge on any atom is -0.756 e. The van der Waals surface area contributed by atoms with Gasteiger partial charge in [-0.25, -0.2) is 0 Å². The number of esters is 2. The Balaban J connectivity index is 0. The zero-order chi connectivity index (χ0) is 35.4. The van der Waals surface area contributed by atoms with Crippen LogP contribution in [-0.2, 0) is 28.2 Å². The molecule has 0 radical (unpaired) electrons. The molecule has 0 aliphatic rings. The summed E-state index contributed by atoms with van der Waals surface area (Å²) in [4.78, 5) is 44.6. The van der Waals surface area contributed by atoms with E-state index in [-0.39, 0.29) is 25.6 Å². The van der Waals surface area contributed by atoms with Crippen molar-refractivity contribution in [2.45, 2.75) is 200 Å². The molecule has 0 aromatic heterocycles. The number of rotatable bonds is 36. The summed E-state index contributed by atoms with van der Waals surface area (Å²) >= 11 is 0. The first-order chi connectivity index (χ1) is 23.3. The van der Waals surface area contributed by atoms with Crippen molar-refractivity contribution in [3.63, 3.8) is 0 Å². The maximum Gasteiger partial charge on any atom is 0.306 e. The average Bonchev–Trinajstić information content (AvgIpc) is 3.05. The summed E-state index contributed by atoms with van der Waals surface area (Å²) in [5.41, 5.74) is 0. The minimum absolute atomic E-state index is 0. The molecule has 0 aromatic rings. The van der Waals surface area contributed by atoms with Crippen LogP contribution in [0.2, 0.25) is 0 Å². The Morgan fingerprint density at radius 3 is 1.31 bits per heavy atom. The summed E-state index contributed by atoms with van der Waals surface area (Å²) in [6.45, 7) is 3.57. The van der Waals surface area contributed by atoms with Gasteiger partial charge in [-0.05, 0) is 64.2 Å². The summed E-state index contributed by atoms with van der Waals surface area (Å²) < 4.78 is 26.0. The van der Waals surface area contributed by atoms with Gasteiger partial charge >= 0.3 is 11.9 Å². The van der Waals surface area contributed by atoms with Crippen LogP contribution in [0.1, 0.15) is 194 Å². The lowest BCUT2D eigenvalue weighted by Gasteiger charge is -2.21. The molecule has 0 fully saturated rings. The quantitative estimate of drug-likeness (QED) is 0.0280. The number of phosphoric ester groups is 1. The molecule has 0 aromatic carbocycles. The normalized spacial score (nSPS) is 13.4. The van der Waals surface area contributed by atoms with E-state index >= 15 is 0 Å². The molecule has 0 amide bonds. The largest absolute Gasteiger partial charge is 0.756 e. The summed E-state index contributed by atoms with van der Waals surface area (Å²) in [6, 6.07) is 0. The lowest BCUT2D eigenvalue weighted by Crippen LogP contribution is -2.30. The van der Waals surface area contributed by atoms with Crippen molar-refractivity contribution in [3.8, 4) is 0 Å². The minimum atomic E-state index is -5.00. The van der Waals surface area contributed by atoms with Crippen LogP contribution >= 0.6 is 7.82 Å². The second-order valence-corrected chi connectivity index (χ2v) is 14.4. The van der Waals surface area contributed by atoms with Crippen LogP contribution < -0.4 is 11.0 Å². The van der Waals surface area contributed by atoms with Crippen molar-refractivity contribution in [2.75, 3.05) is 13.2 Å². The van der Waals surface area contributed by atoms with Crippen molar-refractivity contribution in [2.24, 2.45) is 0 Å². The number of allylic oxidation sites excluding steroid dienone is 4. The molecule has 1 unspecified atom stereocenters. The van der Waals surface area contributed by atoms with Gasteiger partial charge in [0.15, 0.2) is 6.10 Å². The zero-order valence-electron chi connectivity index (χ0n) is 31.9. The Morgan fingerprint density at radius 1 is 0.571 bits per heavy atom. The van der Waals surface area contributed by atoms with Gasteiger partial charge in [-0.3, -0.25) is 14.2 Å². The maximum atomic E-state index is 12.3. The van der Waals surface area contributed by atoms with Crippen molar-refractivity contribution < 1.29 is 37.9 Å². The Labute approximate surface area is 300 Å². The van der Waals surface area contributed by atoms with Crippen molar-refractivity contribution in [3.05, 3.63) is 24.3 Å². The molecule has 0 rings (SSSR count). The number of quaternary nitrogens is 1. The first-order valence-electron chi connectivity index (χ1n) is 19.6. The third-order valence-electron chi connectivity index (χ3n) is 8.44. The molecule has 2 atom stereocenters. The van der Waals surface area contributed by atoms with Gasteiger partial charge in [0.2, 0.25) is 0 Å². The molecule has 0 saturated carbocycles. The first-order valence-corrected chi connectivity index (χ1v) is 21.1. The number of carbonyl (C=O) groups excluding carboxylic acids is 2. The second kappa shape index (κ2) is 37.7. The van der Waals surface area contributed by atoms with Crippen LogP contribution in [0.5, 0.6) is 0 Å². The summed E-state index contributed by atoms with van der Waals surface area (Å²) in [5.74, 6) is -0.937. The number of phosphoric acid groups is 1. The van der Waals surface area contributed by atoms with Crippen LogP contribution in [0, 0.1) is 0 Å². The maximum absolute atomic E-state index is 12.3. The average molecular weight is 718 g/mol. The highest BCUT2D eigenvalue weighted by Gasteiger charge is 2.19. The number of unbranched alkanes of at least 4 members (excludes halogenated alkanes) is 22. The predicted octanol–water partition coefficient (Wildman–Crippen LogP) is 11.4. The second-order valence-electron chi connectivity index (χ2n) is 13.2. The van der Waals surface area contributed by atoms with Crippen molar-refractivity contribution in [1.29, 1.82) is 0 Å². The SMILES string of the molecule is CCCCCCCC/C=C\CCCCCCCC(=O)OC[C@H](COP(=O)([O-])O)OC(=O)CCCCCCC/C=C\CCCCCCCC.[NH4+]. The van der Waals surface area contributed by atoms with Crippen LogP contribution in [0.15, 0.2) is 24.3 Å². The van der Waals surface area contributed by atoms with Gasteiger partial charge < -0.3 is 29.9 Å². The van der Waals surface area contributed by atoms with E-state index in [0.717, 1.165) is 64.2 Å². The van der Waals surface area contributed by atoms with Crippen molar-refractivity contribution >= 4 is 19.8 Å². The molecule has 0 spiro atoms. The van der Waals surface area contributed by atoms with Gasteiger partial charge in [0.25, 0.3) is 7.82 Å². The number of ether oxygens (including phenoxy) is 2. The Bertz CT molecular complexity index is 845. The first kappa shape index (κ1) is 49.6. The van der Waals surface area contributed by atoms with E-state index in [9.17, 15) is 19.0 Å². The van der Waals surface area contributed by atoms with Crippen LogP contribution in [0.4, 0.5) is 0 Å². The van der Waals surface area contributed by atoms with Gasteiger partial charge in [-0.2, -0.15) is 0 Å². The van der Waals surface area contributed by atoms with Crippen LogP contribution in [0.25, 0.3) is 0 Å². The fourth-order valence-electron chi connectivity index (χ4n) is 5.48. The van der Waals surface area contributed by atoms with Gasteiger partial charge in [0.1, 0.15) is 6.61 Å². The topological polar surface area (TPSA) is 159 Å². The lowest BCUT2D eigenvalue weighted by atomic mass is 10.1. The van der Waals surface area contributed by atoms with Gasteiger partial charge in [-0.1, -0.05) is 141 Å². The third-order valence-corrected chi connectivity index (χ3v) is 8.91. The van der Waals surface area contributed by atoms with Crippen LogP contribution in [0.3, 0.4) is 0 Å². The fourth-order valence-corrected chi connectivity index (χ4v) is 5.83. The van der Waals surface area contributed by atoms with Crippen molar-refractivity contribution in [1.82, 2.24) is 6.15 Å². The van der Waals surface area contributed by atoms with E-state index in [1.54, 1.807) is 0 Å². The van der Waals surface area contributed by atoms with Gasteiger partial charge in [-0.15, -0.1) is 0 Å². The zero-order valence-corrected chi connectivity index (χ0v) is 32.7. The number of carbonyl (C=O) groups is 2.